The van der Waals surface area contributed by atoms with Crippen LogP contribution in [0.4, 0.5) is 11.4 Å². The maximum absolute atomic E-state index is 2.72. The number of anilines is 2. The molecule has 2 aliphatic heterocycles. The van der Waals surface area contributed by atoms with Gasteiger partial charge in [-0.25, -0.2) is 0 Å². The van der Waals surface area contributed by atoms with Gasteiger partial charge in [0.05, 0.1) is 11.0 Å². The highest BCUT2D eigenvalue weighted by Gasteiger charge is 2.47. The van der Waals surface area contributed by atoms with Gasteiger partial charge in [0.15, 0.2) is 0 Å². The molecule has 0 saturated carbocycles. The number of hydrogen-bond acceptors (Lipinski definition) is 1. The Labute approximate surface area is 349 Å². The molecule has 2 aliphatic carbocycles. The summed E-state index contributed by atoms with van der Waals surface area (Å²) in [5.74, 6) is 0. The van der Waals surface area contributed by atoms with Crippen molar-refractivity contribution in [1.82, 2.24) is 4.57 Å². The zero-order valence-electron chi connectivity index (χ0n) is 36.1. The van der Waals surface area contributed by atoms with Crippen LogP contribution in [0.25, 0.3) is 60.9 Å². The molecular formula is C56H51BN2. The summed E-state index contributed by atoms with van der Waals surface area (Å²) >= 11 is 0. The first-order valence-corrected chi connectivity index (χ1v) is 21.6. The van der Waals surface area contributed by atoms with Gasteiger partial charge in [0, 0.05) is 44.2 Å². The van der Waals surface area contributed by atoms with Crippen molar-refractivity contribution >= 4 is 51.0 Å². The Bertz CT molecular complexity index is 3180. The Kier molecular flexibility index (Phi) is 6.60. The fraction of sp³-hybridized carbons (Fsp3) is 0.250. The van der Waals surface area contributed by atoms with Crippen LogP contribution in [0.3, 0.4) is 0 Å². The number of benzene rings is 7. The Hall–Kier alpha value is -5.80. The van der Waals surface area contributed by atoms with E-state index in [0.717, 1.165) is 0 Å². The largest absolute Gasteiger partial charge is 0.376 e. The lowest BCUT2D eigenvalue weighted by atomic mass is 9.43. The highest BCUT2D eigenvalue weighted by Crippen LogP contribution is 2.55. The van der Waals surface area contributed by atoms with Crippen molar-refractivity contribution in [2.45, 2.75) is 90.9 Å². The first-order chi connectivity index (χ1) is 28.0. The number of hydrogen-bond donors (Lipinski definition) is 0. The summed E-state index contributed by atoms with van der Waals surface area (Å²) < 4.78 is 2.65. The van der Waals surface area contributed by atoms with E-state index >= 15 is 0 Å². The van der Waals surface area contributed by atoms with Crippen LogP contribution in [0, 0.1) is 0 Å². The quantitative estimate of drug-likeness (QED) is 0.151. The fourth-order valence-corrected chi connectivity index (χ4v) is 11.7. The van der Waals surface area contributed by atoms with Crippen molar-refractivity contribution in [3.63, 3.8) is 0 Å². The van der Waals surface area contributed by atoms with E-state index < -0.39 is 0 Å². The van der Waals surface area contributed by atoms with Crippen molar-refractivity contribution < 1.29 is 0 Å². The molecule has 0 spiro atoms. The van der Waals surface area contributed by atoms with E-state index in [-0.39, 0.29) is 28.5 Å². The van der Waals surface area contributed by atoms with E-state index in [9.17, 15) is 0 Å². The van der Waals surface area contributed by atoms with E-state index in [0.29, 0.717) is 0 Å². The van der Waals surface area contributed by atoms with E-state index in [1.165, 1.54) is 117 Å². The van der Waals surface area contributed by atoms with Crippen LogP contribution in [0.5, 0.6) is 0 Å². The Morgan fingerprint density at radius 2 is 1.05 bits per heavy atom. The average molecular weight is 763 g/mol. The smallest absolute Gasteiger partial charge is 0.333 e. The molecule has 8 aromatic rings. The van der Waals surface area contributed by atoms with E-state index in [2.05, 4.69) is 206 Å². The fourth-order valence-electron chi connectivity index (χ4n) is 11.7. The molecule has 1 aromatic heterocycles. The van der Waals surface area contributed by atoms with Crippen molar-refractivity contribution in [2.24, 2.45) is 0 Å². The van der Waals surface area contributed by atoms with Crippen molar-refractivity contribution in [1.29, 1.82) is 0 Å². The highest BCUT2D eigenvalue weighted by molar-refractivity contribution is 6.93. The second-order valence-electron chi connectivity index (χ2n) is 21.0. The van der Waals surface area contributed by atoms with Crippen LogP contribution in [0.15, 0.2) is 127 Å². The molecule has 0 amide bonds. The first kappa shape index (κ1) is 35.2. The molecule has 7 aromatic carbocycles. The molecule has 3 heterocycles. The van der Waals surface area contributed by atoms with Crippen LogP contribution in [0.2, 0.25) is 0 Å². The molecule has 0 unspecified atom stereocenters. The van der Waals surface area contributed by atoms with Gasteiger partial charge in [-0.2, -0.15) is 0 Å². The van der Waals surface area contributed by atoms with Gasteiger partial charge in [-0.05, 0) is 125 Å². The van der Waals surface area contributed by atoms with Gasteiger partial charge in [0.1, 0.15) is 0 Å². The zero-order chi connectivity index (χ0) is 40.7. The van der Waals surface area contributed by atoms with Gasteiger partial charge in [-0.15, -0.1) is 0 Å². The van der Waals surface area contributed by atoms with Gasteiger partial charge in [0.25, 0.3) is 0 Å². The number of aromatic nitrogens is 1. The third-order valence-corrected chi connectivity index (χ3v) is 14.9. The minimum atomic E-state index is -0.115. The lowest BCUT2D eigenvalue weighted by Gasteiger charge is -2.43. The Balaban J connectivity index is 1.24. The number of nitrogens with zero attached hydrogens (tertiary/aromatic N) is 2. The summed E-state index contributed by atoms with van der Waals surface area (Å²) in [6.45, 7) is 23.6. The minimum absolute atomic E-state index is 0.0125. The predicted molar refractivity (Wildman–Crippen MR) is 252 cm³/mol. The Morgan fingerprint density at radius 1 is 0.458 bits per heavy atom. The average Bonchev–Trinajstić information content (AvgIpc) is 3.75. The number of rotatable bonds is 1. The van der Waals surface area contributed by atoms with Crippen molar-refractivity contribution in [3.8, 4) is 39.1 Å². The molecule has 4 aliphatic rings. The van der Waals surface area contributed by atoms with Gasteiger partial charge in [-0.1, -0.05) is 154 Å². The summed E-state index contributed by atoms with van der Waals surface area (Å²) in [5, 5.41) is 2.67. The van der Waals surface area contributed by atoms with Gasteiger partial charge >= 0.3 is 6.85 Å². The maximum atomic E-state index is 2.72. The zero-order valence-corrected chi connectivity index (χ0v) is 36.1. The van der Waals surface area contributed by atoms with Gasteiger partial charge < -0.3 is 9.38 Å². The van der Waals surface area contributed by atoms with E-state index in [1.807, 2.05) is 0 Å². The van der Waals surface area contributed by atoms with Gasteiger partial charge in [0.2, 0.25) is 0 Å². The van der Waals surface area contributed by atoms with Crippen LogP contribution in [-0.2, 0) is 21.7 Å². The summed E-state index contributed by atoms with van der Waals surface area (Å²) in [6, 6.07) is 50.1. The van der Waals surface area contributed by atoms with Crippen molar-refractivity contribution in [3.05, 3.63) is 161 Å². The molecule has 0 N–H and O–H groups in total. The third-order valence-electron chi connectivity index (χ3n) is 14.9. The second-order valence-corrected chi connectivity index (χ2v) is 21.0. The topological polar surface area (TPSA) is 8.17 Å². The van der Waals surface area contributed by atoms with Crippen molar-refractivity contribution in [2.75, 3.05) is 4.81 Å². The summed E-state index contributed by atoms with van der Waals surface area (Å²) in [6.07, 6.45) is 0. The summed E-state index contributed by atoms with van der Waals surface area (Å²) in [4.78, 5) is 2.72. The highest BCUT2D eigenvalue weighted by atomic mass is 15.1. The normalized spacial score (nSPS) is 16.2. The lowest BCUT2D eigenvalue weighted by molar-refractivity contribution is 0.590. The molecule has 12 rings (SSSR count). The SMILES string of the molecule is CC(C)(C)c1ccc(N2B3c4cc(C(C)(C)C)ccc4-n4c5cc6c(cc5c5ccc(c3c54)-c3cc4c(cc32)C(C)(C)c2ccccc2-4)C(C)(C)c2ccccc2-6)cc1. The molecule has 3 heteroatoms. The third kappa shape index (κ3) is 4.44. The first-order valence-electron chi connectivity index (χ1n) is 21.6. The molecule has 0 bridgehead atoms. The maximum Gasteiger partial charge on any atom is 0.333 e. The van der Waals surface area contributed by atoms with Gasteiger partial charge in [-0.3, -0.25) is 0 Å². The van der Waals surface area contributed by atoms with Crippen LogP contribution in [-0.4, -0.2) is 11.4 Å². The van der Waals surface area contributed by atoms with E-state index in [4.69, 9.17) is 0 Å². The summed E-state index contributed by atoms with van der Waals surface area (Å²) in [5.41, 5.74) is 25.6. The summed E-state index contributed by atoms with van der Waals surface area (Å²) in [7, 11) is 0. The predicted octanol–water partition coefficient (Wildman–Crippen LogP) is 13.2. The molecular weight excluding hydrogens is 711 g/mol. The van der Waals surface area contributed by atoms with E-state index in [1.54, 1.807) is 0 Å². The standard InChI is InChI=1S/C56H51BN2/c1-53(2,3)32-19-22-34(23-20-32)59-50-31-46-39(35-15-11-13-17-43(35)56(46,9)10)28-41(50)37-24-25-38-42-29-45-40(36-16-12-14-18-44(36)55(45,7)8)30-49(42)58-48-26-21-33(54(4,5)6)27-47(48)57(59)51(37)52(38)58/h11-31H,1-10H3. The molecule has 0 saturated heterocycles. The molecule has 2 nitrogen and oxygen atoms in total. The van der Waals surface area contributed by atoms with Crippen LogP contribution < -0.4 is 15.7 Å². The molecule has 0 fully saturated rings. The minimum Gasteiger partial charge on any atom is -0.376 e. The molecule has 288 valence electrons. The molecule has 59 heavy (non-hydrogen) atoms. The number of fused-ring (bicyclic) bond motifs is 14. The van der Waals surface area contributed by atoms with Crippen LogP contribution in [0.1, 0.15) is 103 Å². The molecule has 0 radical (unpaired) electrons. The Morgan fingerprint density at radius 3 is 1.69 bits per heavy atom. The monoisotopic (exact) mass is 762 g/mol. The lowest BCUT2D eigenvalue weighted by Crippen LogP contribution is -2.60. The van der Waals surface area contributed by atoms with Crippen LogP contribution >= 0.6 is 0 Å². The second kappa shape index (κ2) is 11.1. The molecule has 0 atom stereocenters.